The minimum Gasteiger partial charge on any atom is -0.322 e. The Morgan fingerprint density at radius 3 is 2.53 bits per heavy atom. The Hall–Kier alpha value is -0.540. The Kier molecular flexibility index (Phi) is 2.77. The Morgan fingerprint density at radius 1 is 1.40 bits per heavy atom. The fourth-order valence-corrected chi connectivity index (χ4v) is 2.41. The van der Waals surface area contributed by atoms with E-state index in [0.29, 0.717) is 5.25 Å². The third-order valence-corrected chi connectivity index (χ3v) is 3.88. The first-order valence-electron chi connectivity index (χ1n) is 5.22. The third-order valence-electron chi connectivity index (χ3n) is 2.49. The zero-order chi connectivity index (χ0) is 11.1. The maximum atomic E-state index is 13.7. The highest BCUT2D eigenvalue weighted by Crippen LogP contribution is 2.40. The fraction of sp³-hybridized carbons (Fsp3) is 0.500. The highest BCUT2D eigenvalue weighted by atomic mass is 32.2. The number of hydrogen-bond acceptors (Lipinski definition) is 2. The molecule has 0 atom stereocenters. The third kappa shape index (κ3) is 2.73. The lowest BCUT2D eigenvalue weighted by Crippen LogP contribution is -2.28. The lowest BCUT2D eigenvalue weighted by atomic mass is 9.96. The predicted octanol–water partition coefficient (Wildman–Crippen LogP) is 3.27. The van der Waals surface area contributed by atoms with Gasteiger partial charge in [-0.3, -0.25) is 0 Å². The number of thioether (sulfide) groups is 1. The average Bonchev–Trinajstić information content (AvgIpc) is 2.90. The lowest BCUT2D eigenvalue weighted by Gasteiger charge is -2.19. The molecule has 0 radical (unpaired) electrons. The maximum absolute atomic E-state index is 13.7. The first-order chi connectivity index (χ1) is 6.97. The van der Waals surface area contributed by atoms with Crippen molar-refractivity contribution in [3.05, 3.63) is 29.6 Å². The minimum absolute atomic E-state index is 0.136. The van der Waals surface area contributed by atoms with Crippen LogP contribution in [0.3, 0.4) is 0 Å². The molecule has 1 aromatic rings. The summed E-state index contributed by atoms with van der Waals surface area (Å²) in [5.74, 6) is -0.136. The Bertz CT molecular complexity index is 366. The van der Waals surface area contributed by atoms with Crippen molar-refractivity contribution in [3.63, 3.8) is 0 Å². The highest BCUT2D eigenvalue weighted by Gasteiger charge is 2.24. The molecule has 2 N–H and O–H groups in total. The first kappa shape index (κ1) is 11.0. The molecule has 2 rings (SSSR count). The standard InChI is InChI=1S/C12H16FNS/c1-12(2,14)8-3-6-11(10(13)7-8)15-9-4-5-9/h3,6-7,9H,4-5,14H2,1-2H3. The van der Waals surface area contributed by atoms with Crippen LogP contribution < -0.4 is 5.73 Å². The van der Waals surface area contributed by atoms with Gasteiger partial charge in [-0.15, -0.1) is 11.8 Å². The van der Waals surface area contributed by atoms with Gasteiger partial charge in [0.05, 0.1) is 0 Å². The lowest BCUT2D eigenvalue weighted by molar-refractivity contribution is 0.538. The molecule has 1 aliphatic rings. The zero-order valence-electron chi connectivity index (χ0n) is 9.09. The molecule has 0 spiro atoms. The largest absolute Gasteiger partial charge is 0.322 e. The molecule has 82 valence electrons. The monoisotopic (exact) mass is 225 g/mol. The number of benzene rings is 1. The second kappa shape index (κ2) is 3.80. The molecule has 1 fully saturated rings. The van der Waals surface area contributed by atoms with Gasteiger partial charge in [0.1, 0.15) is 5.82 Å². The molecule has 1 aromatic carbocycles. The van der Waals surface area contributed by atoms with Crippen molar-refractivity contribution in [2.24, 2.45) is 5.73 Å². The van der Waals surface area contributed by atoms with Crippen LogP contribution in [-0.4, -0.2) is 5.25 Å². The van der Waals surface area contributed by atoms with E-state index in [9.17, 15) is 4.39 Å². The van der Waals surface area contributed by atoms with E-state index in [-0.39, 0.29) is 5.82 Å². The molecule has 0 heterocycles. The van der Waals surface area contributed by atoms with Crippen LogP contribution in [0.25, 0.3) is 0 Å². The summed E-state index contributed by atoms with van der Waals surface area (Å²) >= 11 is 1.64. The molecule has 0 unspecified atom stereocenters. The van der Waals surface area contributed by atoms with Crippen LogP contribution >= 0.6 is 11.8 Å². The van der Waals surface area contributed by atoms with Gasteiger partial charge in [0.2, 0.25) is 0 Å². The molecule has 0 aromatic heterocycles. The number of nitrogens with two attached hydrogens (primary N) is 1. The molecule has 1 aliphatic carbocycles. The minimum atomic E-state index is -0.469. The van der Waals surface area contributed by atoms with E-state index in [4.69, 9.17) is 5.73 Å². The van der Waals surface area contributed by atoms with Gasteiger partial charge < -0.3 is 5.73 Å². The van der Waals surface area contributed by atoms with Crippen LogP contribution in [0.15, 0.2) is 23.1 Å². The van der Waals surface area contributed by atoms with Gasteiger partial charge in [0, 0.05) is 15.7 Å². The van der Waals surface area contributed by atoms with Gasteiger partial charge in [-0.05, 0) is 44.4 Å². The molecule has 0 saturated heterocycles. The van der Waals surface area contributed by atoms with Crippen LogP contribution in [0.4, 0.5) is 4.39 Å². The van der Waals surface area contributed by atoms with Crippen molar-refractivity contribution in [3.8, 4) is 0 Å². The van der Waals surface area contributed by atoms with E-state index in [1.165, 1.54) is 12.8 Å². The molecule has 0 amide bonds. The van der Waals surface area contributed by atoms with E-state index in [1.807, 2.05) is 26.0 Å². The Labute approximate surface area is 94.2 Å². The SMILES string of the molecule is CC(C)(N)c1ccc(SC2CC2)c(F)c1. The predicted molar refractivity (Wildman–Crippen MR) is 62.5 cm³/mol. The summed E-state index contributed by atoms with van der Waals surface area (Å²) in [5, 5.41) is 0.635. The van der Waals surface area contributed by atoms with Gasteiger partial charge >= 0.3 is 0 Å². The van der Waals surface area contributed by atoms with Gasteiger partial charge in [0.25, 0.3) is 0 Å². The zero-order valence-corrected chi connectivity index (χ0v) is 9.90. The Balaban J connectivity index is 2.21. The molecule has 0 bridgehead atoms. The maximum Gasteiger partial charge on any atom is 0.137 e. The van der Waals surface area contributed by atoms with Crippen LogP contribution in [0, 0.1) is 5.82 Å². The number of hydrogen-bond donors (Lipinski definition) is 1. The van der Waals surface area contributed by atoms with Crippen molar-refractivity contribution in [2.45, 2.75) is 42.4 Å². The molecule has 3 heteroatoms. The summed E-state index contributed by atoms with van der Waals surface area (Å²) in [5.41, 5.74) is 6.29. The van der Waals surface area contributed by atoms with Crippen LogP contribution in [0.5, 0.6) is 0 Å². The van der Waals surface area contributed by atoms with Crippen molar-refractivity contribution < 1.29 is 4.39 Å². The second-order valence-electron chi connectivity index (χ2n) is 4.68. The fourth-order valence-electron chi connectivity index (χ4n) is 1.36. The first-order valence-corrected chi connectivity index (χ1v) is 6.10. The van der Waals surface area contributed by atoms with E-state index in [0.717, 1.165) is 10.5 Å². The smallest absolute Gasteiger partial charge is 0.137 e. The quantitative estimate of drug-likeness (QED) is 0.854. The number of rotatable bonds is 3. The number of halogens is 1. The second-order valence-corrected chi connectivity index (χ2v) is 6.03. The Morgan fingerprint density at radius 2 is 2.07 bits per heavy atom. The van der Waals surface area contributed by atoms with Gasteiger partial charge in [-0.2, -0.15) is 0 Å². The summed E-state index contributed by atoms with van der Waals surface area (Å²) < 4.78 is 13.7. The van der Waals surface area contributed by atoms with E-state index >= 15 is 0 Å². The summed E-state index contributed by atoms with van der Waals surface area (Å²) in [6.45, 7) is 3.77. The summed E-state index contributed by atoms with van der Waals surface area (Å²) in [6.07, 6.45) is 2.43. The summed E-state index contributed by atoms with van der Waals surface area (Å²) in [7, 11) is 0. The molecule has 0 aliphatic heterocycles. The van der Waals surface area contributed by atoms with Crippen LogP contribution in [0.2, 0.25) is 0 Å². The van der Waals surface area contributed by atoms with E-state index in [1.54, 1.807) is 17.8 Å². The summed E-state index contributed by atoms with van der Waals surface area (Å²) in [4.78, 5) is 0.755. The average molecular weight is 225 g/mol. The van der Waals surface area contributed by atoms with Crippen LogP contribution in [-0.2, 0) is 5.54 Å². The topological polar surface area (TPSA) is 26.0 Å². The van der Waals surface area contributed by atoms with Gasteiger partial charge in [-0.1, -0.05) is 6.07 Å². The van der Waals surface area contributed by atoms with Crippen molar-refractivity contribution >= 4 is 11.8 Å². The van der Waals surface area contributed by atoms with E-state index in [2.05, 4.69) is 0 Å². The molecule has 1 nitrogen and oxygen atoms in total. The van der Waals surface area contributed by atoms with Crippen molar-refractivity contribution in [2.75, 3.05) is 0 Å². The highest BCUT2D eigenvalue weighted by molar-refractivity contribution is 8.00. The van der Waals surface area contributed by atoms with Crippen molar-refractivity contribution in [1.29, 1.82) is 0 Å². The van der Waals surface area contributed by atoms with Crippen LogP contribution in [0.1, 0.15) is 32.3 Å². The molecular weight excluding hydrogens is 209 g/mol. The molecule has 1 saturated carbocycles. The normalized spacial score (nSPS) is 16.8. The van der Waals surface area contributed by atoms with E-state index < -0.39 is 5.54 Å². The van der Waals surface area contributed by atoms with Gasteiger partial charge in [-0.25, -0.2) is 4.39 Å². The summed E-state index contributed by atoms with van der Waals surface area (Å²) in [6, 6.07) is 5.33. The van der Waals surface area contributed by atoms with Crippen molar-refractivity contribution in [1.82, 2.24) is 0 Å². The molecule has 15 heavy (non-hydrogen) atoms. The molecular formula is C12H16FNS. The van der Waals surface area contributed by atoms with Gasteiger partial charge in [0.15, 0.2) is 0 Å².